The molecule has 0 saturated heterocycles. The predicted octanol–water partition coefficient (Wildman–Crippen LogP) is 1.36. The fourth-order valence-electron chi connectivity index (χ4n) is 1.09. The van der Waals surface area contributed by atoms with Crippen LogP contribution in [0.3, 0.4) is 0 Å². The number of rotatable bonds is 3. The fraction of sp³-hybridized carbons (Fsp3) is 0.273. The lowest BCUT2D eigenvalue weighted by atomic mass is 10.1. The summed E-state index contributed by atoms with van der Waals surface area (Å²) in [7, 11) is 0. The molecule has 0 saturated carbocycles. The molecular weight excluding hydrogens is 176 g/mol. The Bertz CT molecular complexity index is 360. The van der Waals surface area contributed by atoms with Crippen molar-refractivity contribution in [1.29, 1.82) is 5.26 Å². The summed E-state index contributed by atoms with van der Waals surface area (Å²) < 4.78 is 0. The van der Waals surface area contributed by atoms with Gasteiger partial charge in [-0.2, -0.15) is 5.26 Å². The molecule has 0 spiro atoms. The van der Waals surface area contributed by atoms with E-state index in [1.807, 2.05) is 19.1 Å². The maximum atomic E-state index is 8.60. The minimum Gasteiger partial charge on any atom is -0.394 e. The van der Waals surface area contributed by atoms with Crippen LogP contribution in [-0.2, 0) is 0 Å². The smallest absolute Gasteiger partial charge is 0.0991 e. The third kappa shape index (κ3) is 2.68. The van der Waals surface area contributed by atoms with Gasteiger partial charge in [0.25, 0.3) is 0 Å². The van der Waals surface area contributed by atoms with Crippen LogP contribution in [-0.4, -0.2) is 24.0 Å². The summed E-state index contributed by atoms with van der Waals surface area (Å²) in [5.74, 6) is 0. The minimum atomic E-state index is 0.0631. The van der Waals surface area contributed by atoms with Gasteiger partial charge in [-0.05, 0) is 24.6 Å². The van der Waals surface area contributed by atoms with Gasteiger partial charge in [-0.15, -0.1) is 0 Å². The number of hydrogen-bond acceptors (Lipinski definition) is 3. The Kier molecular flexibility index (Phi) is 3.84. The van der Waals surface area contributed by atoms with Crippen molar-refractivity contribution in [3.05, 3.63) is 35.4 Å². The van der Waals surface area contributed by atoms with Crippen molar-refractivity contribution >= 4 is 5.71 Å². The van der Waals surface area contributed by atoms with Gasteiger partial charge >= 0.3 is 0 Å². The van der Waals surface area contributed by atoms with Crippen molar-refractivity contribution in [2.24, 2.45) is 4.99 Å². The Labute approximate surface area is 83.3 Å². The van der Waals surface area contributed by atoms with Crippen LogP contribution in [0.5, 0.6) is 0 Å². The standard InChI is InChI=1S/C11H12N2O/c1-9(13-6-7-14)11-4-2-10(8-12)3-5-11/h2-5,14H,6-7H2,1H3/b13-9+. The number of aliphatic imine (C=N–C) groups is 1. The summed E-state index contributed by atoms with van der Waals surface area (Å²) in [6.45, 7) is 2.37. The second-order valence-electron chi connectivity index (χ2n) is 2.88. The molecule has 0 atom stereocenters. The van der Waals surface area contributed by atoms with E-state index in [-0.39, 0.29) is 6.61 Å². The number of nitrogens with zero attached hydrogens (tertiary/aromatic N) is 2. The molecule has 0 aromatic heterocycles. The molecule has 0 fully saturated rings. The van der Waals surface area contributed by atoms with E-state index < -0.39 is 0 Å². The van der Waals surface area contributed by atoms with Crippen molar-refractivity contribution in [1.82, 2.24) is 0 Å². The highest BCUT2D eigenvalue weighted by Gasteiger charge is 1.96. The Morgan fingerprint density at radius 1 is 1.43 bits per heavy atom. The highest BCUT2D eigenvalue weighted by atomic mass is 16.3. The summed E-state index contributed by atoms with van der Waals surface area (Å²) in [5, 5.41) is 17.2. The molecule has 0 aliphatic rings. The summed E-state index contributed by atoms with van der Waals surface area (Å²) in [6.07, 6.45) is 0. The normalized spacial score (nSPS) is 11.1. The van der Waals surface area contributed by atoms with Gasteiger partial charge < -0.3 is 5.11 Å². The molecule has 0 heterocycles. The largest absolute Gasteiger partial charge is 0.394 e. The molecule has 0 unspecified atom stereocenters. The van der Waals surface area contributed by atoms with Gasteiger partial charge in [0.05, 0.1) is 24.8 Å². The van der Waals surface area contributed by atoms with Crippen molar-refractivity contribution in [2.75, 3.05) is 13.2 Å². The van der Waals surface area contributed by atoms with Crippen molar-refractivity contribution in [3.8, 4) is 6.07 Å². The van der Waals surface area contributed by atoms with E-state index >= 15 is 0 Å². The van der Waals surface area contributed by atoms with E-state index in [2.05, 4.69) is 11.1 Å². The lowest BCUT2D eigenvalue weighted by Crippen LogP contribution is -1.98. The topological polar surface area (TPSA) is 56.4 Å². The van der Waals surface area contributed by atoms with Crippen LogP contribution in [0.2, 0.25) is 0 Å². The molecule has 1 rings (SSSR count). The molecular formula is C11H12N2O. The second-order valence-corrected chi connectivity index (χ2v) is 2.88. The highest BCUT2D eigenvalue weighted by molar-refractivity contribution is 5.98. The Morgan fingerprint density at radius 2 is 2.07 bits per heavy atom. The van der Waals surface area contributed by atoms with Crippen LogP contribution in [0.4, 0.5) is 0 Å². The summed E-state index contributed by atoms with van der Waals surface area (Å²) in [5.41, 5.74) is 2.50. The van der Waals surface area contributed by atoms with E-state index in [0.29, 0.717) is 12.1 Å². The predicted molar refractivity (Wildman–Crippen MR) is 55.3 cm³/mol. The summed E-state index contributed by atoms with van der Waals surface area (Å²) in [6, 6.07) is 9.28. The zero-order valence-corrected chi connectivity index (χ0v) is 8.07. The molecule has 0 amide bonds. The first-order valence-corrected chi connectivity index (χ1v) is 4.40. The van der Waals surface area contributed by atoms with Gasteiger partial charge in [0, 0.05) is 5.71 Å². The Hall–Kier alpha value is -1.66. The molecule has 14 heavy (non-hydrogen) atoms. The highest BCUT2D eigenvalue weighted by Crippen LogP contribution is 2.04. The molecule has 1 N–H and O–H groups in total. The zero-order valence-electron chi connectivity index (χ0n) is 8.07. The number of hydrogen-bond donors (Lipinski definition) is 1. The molecule has 0 radical (unpaired) electrons. The molecule has 0 aliphatic carbocycles. The first kappa shape index (κ1) is 10.4. The first-order chi connectivity index (χ1) is 6.77. The van der Waals surface area contributed by atoms with E-state index in [1.165, 1.54) is 0 Å². The lowest BCUT2D eigenvalue weighted by Gasteiger charge is -1.99. The summed E-state index contributed by atoms with van der Waals surface area (Å²) >= 11 is 0. The molecule has 3 nitrogen and oxygen atoms in total. The van der Waals surface area contributed by atoms with E-state index in [1.54, 1.807) is 12.1 Å². The van der Waals surface area contributed by atoms with Gasteiger partial charge in [0.15, 0.2) is 0 Å². The molecule has 72 valence electrons. The van der Waals surface area contributed by atoms with Gasteiger partial charge in [0.1, 0.15) is 0 Å². The average Bonchev–Trinajstić information content (AvgIpc) is 2.26. The quantitative estimate of drug-likeness (QED) is 0.728. The van der Waals surface area contributed by atoms with Crippen molar-refractivity contribution in [2.45, 2.75) is 6.92 Å². The Morgan fingerprint density at radius 3 is 2.57 bits per heavy atom. The van der Waals surface area contributed by atoms with Crippen LogP contribution in [0.25, 0.3) is 0 Å². The van der Waals surface area contributed by atoms with E-state index in [0.717, 1.165) is 11.3 Å². The SMILES string of the molecule is C/C(=N\CCO)c1ccc(C#N)cc1. The number of benzene rings is 1. The second kappa shape index (κ2) is 5.15. The fourth-order valence-corrected chi connectivity index (χ4v) is 1.09. The van der Waals surface area contributed by atoms with Gasteiger partial charge in [-0.1, -0.05) is 12.1 Å². The van der Waals surface area contributed by atoms with Crippen LogP contribution in [0.15, 0.2) is 29.3 Å². The van der Waals surface area contributed by atoms with Crippen LogP contribution >= 0.6 is 0 Å². The zero-order chi connectivity index (χ0) is 10.4. The van der Waals surface area contributed by atoms with Crippen LogP contribution < -0.4 is 0 Å². The Balaban J connectivity index is 2.82. The number of aliphatic hydroxyl groups excluding tert-OH is 1. The molecule has 1 aromatic rings. The average molecular weight is 188 g/mol. The third-order valence-corrected chi connectivity index (χ3v) is 1.88. The van der Waals surface area contributed by atoms with E-state index in [9.17, 15) is 0 Å². The van der Waals surface area contributed by atoms with Gasteiger partial charge in [-0.3, -0.25) is 4.99 Å². The maximum absolute atomic E-state index is 8.60. The summed E-state index contributed by atoms with van der Waals surface area (Å²) in [4.78, 5) is 4.15. The van der Waals surface area contributed by atoms with Crippen molar-refractivity contribution in [3.63, 3.8) is 0 Å². The number of nitriles is 1. The lowest BCUT2D eigenvalue weighted by molar-refractivity contribution is 0.307. The minimum absolute atomic E-state index is 0.0631. The third-order valence-electron chi connectivity index (χ3n) is 1.88. The van der Waals surface area contributed by atoms with Gasteiger partial charge in [0.2, 0.25) is 0 Å². The first-order valence-electron chi connectivity index (χ1n) is 4.40. The van der Waals surface area contributed by atoms with Gasteiger partial charge in [-0.25, -0.2) is 0 Å². The molecule has 3 heteroatoms. The van der Waals surface area contributed by atoms with Crippen LogP contribution in [0.1, 0.15) is 18.1 Å². The maximum Gasteiger partial charge on any atom is 0.0991 e. The molecule has 0 aliphatic heterocycles. The molecule has 0 bridgehead atoms. The molecule has 1 aromatic carbocycles. The van der Waals surface area contributed by atoms with Crippen LogP contribution in [0, 0.1) is 11.3 Å². The van der Waals surface area contributed by atoms with E-state index in [4.69, 9.17) is 10.4 Å². The van der Waals surface area contributed by atoms with Crippen molar-refractivity contribution < 1.29 is 5.11 Å². The monoisotopic (exact) mass is 188 g/mol. The number of aliphatic hydroxyl groups is 1.